The SMILES string of the molecule is Cn1nccc1CNc1nc2ccccc2n1C. The summed E-state index contributed by atoms with van der Waals surface area (Å²) >= 11 is 0. The van der Waals surface area contributed by atoms with Crippen molar-refractivity contribution < 1.29 is 0 Å². The number of nitrogens with zero attached hydrogens (tertiary/aromatic N) is 4. The van der Waals surface area contributed by atoms with Crippen molar-refractivity contribution in [1.29, 1.82) is 0 Å². The van der Waals surface area contributed by atoms with Gasteiger partial charge >= 0.3 is 0 Å². The van der Waals surface area contributed by atoms with Gasteiger partial charge in [0.2, 0.25) is 5.95 Å². The minimum Gasteiger partial charge on any atom is -0.350 e. The van der Waals surface area contributed by atoms with E-state index < -0.39 is 0 Å². The van der Waals surface area contributed by atoms with Crippen LogP contribution in [0.3, 0.4) is 0 Å². The van der Waals surface area contributed by atoms with Gasteiger partial charge < -0.3 is 9.88 Å². The van der Waals surface area contributed by atoms with E-state index in [0.717, 1.165) is 22.7 Å². The predicted molar refractivity (Wildman–Crippen MR) is 71.2 cm³/mol. The maximum atomic E-state index is 4.56. The normalized spacial score (nSPS) is 11.0. The Morgan fingerprint density at radius 2 is 2.00 bits per heavy atom. The number of imidazole rings is 1. The van der Waals surface area contributed by atoms with Gasteiger partial charge in [0, 0.05) is 20.3 Å². The molecule has 0 saturated carbocycles. The maximum Gasteiger partial charge on any atom is 0.203 e. The molecule has 1 aromatic carbocycles. The number of anilines is 1. The van der Waals surface area contributed by atoms with Gasteiger partial charge in [0.25, 0.3) is 0 Å². The molecule has 1 N–H and O–H groups in total. The van der Waals surface area contributed by atoms with E-state index in [1.165, 1.54) is 0 Å². The summed E-state index contributed by atoms with van der Waals surface area (Å²) in [6.07, 6.45) is 1.80. The lowest BCUT2D eigenvalue weighted by Crippen LogP contribution is -2.08. The lowest BCUT2D eigenvalue weighted by molar-refractivity contribution is 0.718. The molecule has 92 valence electrons. The fourth-order valence-corrected chi connectivity index (χ4v) is 2.05. The summed E-state index contributed by atoms with van der Waals surface area (Å²) in [6.45, 7) is 0.716. The van der Waals surface area contributed by atoms with Crippen molar-refractivity contribution in [3.63, 3.8) is 0 Å². The van der Waals surface area contributed by atoms with Gasteiger partial charge in [-0.25, -0.2) is 4.98 Å². The number of fused-ring (bicyclic) bond motifs is 1. The smallest absolute Gasteiger partial charge is 0.203 e. The molecule has 0 radical (unpaired) electrons. The molecule has 3 rings (SSSR count). The van der Waals surface area contributed by atoms with Gasteiger partial charge in [-0.1, -0.05) is 12.1 Å². The first-order valence-corrected chi connectivity index (χ1v) is 5.88. The van der Waals surface area contributed by atoms with Crippen LogP contribution >= 0.6 is 0 Å². The number of nitrogens with one attached hydrogen (secondary N) is 1. The molecule has 0 spiro atoms. The molecule has 0 aliphatic carbocycles. The Morgan fingerprint density at radius 3 is 2.72 bits per heavy atom. The Bertz CT molecular complexity index is 680. The van der Waals surface area contributed by atoms with Gasteiger partial charge in [-0.2, -0.15) is 5.10 Å². The van der Waals surface area contributed by atoms with E-state index >= 15 is 0 Å². The highest BCUT2D eigenvalue weighted by atomic mass is 15.3. The third-order valence-corrected chi connectivity index (χ3v) is 3.14. The Hall–Kier alpha value is -2.30. The second kappa shape index (κ2) is 4.18. The molecule has 5 nitrogen and oxygen atoms in total. The zero-order valence-electron chi connectivity index (χ0n) is 10.5. The van der Waals surface area contributed by atoms with Gasteiger partial charge in [0.05, 0.1) is 23.3 Å². The zero-order valence-corrected chi connectivity index (χ0v) is 10.5. The molecule has 2 aromatic heterocycles. The van der Waals surface area contributed by atoms with Gasteiger partial charge in [0.15, 0.2) is 0 Å². The zero-order chi connectivity index (χ0) is 12.5. The maximum absolute atomic E-state index is 4.56. The molecule has 0 bridgehead atoms. The summed E-state index contributed by atoms with van der Waals surface area (Å²) in [5.74, 6) is 0.873. The number of aryl methyl sites for hydroxylation is 2. The third-order valence-electron chi connectivity index (χ3n) is 3.14. The van der Waals surface area contributed by atoms with Crippen molar-refractivity contribution in [2.24, 2.45) is 14.1 Å². The van der Waals surface area contributed by atoms with Crippen LogP contribution in [-0.4, -0.2) is 19.3 Å². The Balaban J connectivity index is 1.87. The van der Waals surface area contributed by atoms with Crippen LogP contribution in [0.2, 0.25) is 0 Å². The quantitative estimate of drug-likeness (QED) is 0.762. The van der Waals surface area contributed by atoms with Gasteiger partial charge in [-0.3, -0.25) is 4.68 Å². The number of para-hydroxylation sites is 2. The summed E-state index contributed by atoms with van der Waals surface area (Å²) in [5, 5.41) is 7.48. The van der Waals surface area contributed by atoms with Crippen LogP contribution < -0.4 is 5.32 Å². The number of aromatic nitrogens is 4. The standard InChI is InChI=1S/C13H15N5/c1-17-12-6-4-3-5-11(12)16-13(17)14-9-10-7-8-15-18(10)2/h3-8H,9H2,1-2H3,(H,14,16). The van der Waals surface area contributed by atoms with Crippen molar-refractivity contribution in [3.8, 4) is 0 Å². The average Bonchev–Trinajstić information content (AvgIpc) is 2.92. The Kier molecular flexibility index (Phi) is 2.51. The molecule has 18 heavy (non-hydrogen) atoms. The highest BCUT2D eigenvalue weighted by Gasteiger charge is 2.07. The van der Waals surface area contributed by atoms with Crippen molar-refractivity contribution in [3.05, 3.63) is 42.2 Å². The molecule has 0 fully saturated rings. The van der Waals surface area contributed by atoms with Crippen molar-refractivity contribution >= 4 is 17.0 Å². The molecule has 5 heteroatoms. The van der Waals surface area contributed by atoms with Crippen LogP contribution in [0.15, 0.2) is 36.5 Å². The molecular formula is C13H15N5. The largest absolute Gasteiger partial charge is 0.350 e. The number of benzene rings is 1. The van der Waals surface area contributed by atoms with Gasteiger partial charge in [-0.05, 0) is 18.2 Å². The van der Waals surface area contributed by atoms with Crippen LogP contribution in [0, 0.1) is 0 Å². The molecular weight excluding hydrogens is 226 g/mol. The topological polar surface area (TPSA) is 47.7 Å². The molecule has 0 unspecified atom stereocenters. The fourth-order valence-electron chi connectivity index (χ4n) is 2.05. The van der Waals surface area contributed by atoms with Crippen LogP contribution in [0.5, 0.6) is 0 Å². The van der Waals surface area contributed by atoms with E-state index in [9.17, 15) is 0 Å². The summed E-state index contributed by atoms with van der Waals surface area (Å²) in [6, 6.07) is 10.1. The Morgan fingerprint density at radius 1 is 1.17 bits per heavy atom. The molecule has 0 atom stereocenters. The number of hydrogen-bond donors (Lipinski definition) is 1. The molecule has 0 aliphatic heterocycles. The number of hydrogen-bond acceptors (Lipinski definition) is 3. The van der Waals surface area contributed by atoms with Gasteiger partial charge in [0.1, 0.15) is 0 Å². The molecule has 2 heterocycles. The fraction of sp³-hybridized carbons (Fsp3) is 0.231. The second-order valence-electron chi connectivity index (χ2n) is 4.28. The van der Waals surface area contributed by atoms with Crippen LogP contribution in [0.4, 0.5) is 5.95 Å². The summed E-state index contributed by atoms with van der Waals surface area (Å²) in [7, 11) is 3.95. The van der Waals surface area contributed by atoms with E-state index in [1.807, 2.05) is 43.0 Å². The predicted octanol–water partition coefficient (Wildman–Crippen LogP) is 1.92. The van der Waals surface area contributed by atoms with Crippen molar-refractivity contribution in [1.82, 2.24) is 19.3 Å². The van der Waals surface area contributed by atoms with E-state index in [1.54, 1.807) is 6.20 Å². The van der Waals surface area contributed by atoms with Gasteiger partial charge in [-0.15, -0.1) is 0 Å². The van der Waals surface area contributed by atoms with Crippen LogP contribution in [0.25, 0.3) is 11.0 Å². The summed E-state index contributed by atoms with van der Waals surface area (Å²) in [5.41, 5.74) is 3.26. The minimum absolute atomic E-state index is 0.716. The first-order valence-electron chi connectivity index (χ1n) is 5.88. The van der Waals surface area contributed by atoms with Crippen LogP contribution in [-0.2, 0) is 20.6 Å². The lowest BCUT2D eigenvalue weighted by atomic mass is 10.3. The van der Waals surface area contributed by atoms with Crippen molar-refractivity contribution in [2.75, 3.05) is 5.32 Å². The second-order valence-corrected chi connectivity index (χ2v) is 4.28. The average molecular weight is 241 g/mol. The summed E-state index contributed by atoms with van der Waals surface area (Å²) in [4.78, 5) is 4.56. The van der Waals surface area contributed by atoms with E-state index in [-0.39, 0.29) is 0 Å². The van der Waals surface area contributed by atoms with E-state index in [0.29, 0.717) is 6.54 Å². The first-order chi connectivity index (χ1) is 8.75. The molecule has 0 saturated heterocycles. The first kappa shape index (κ1) is 10.8. The highest BCUT2D eigenvalue weighted by molar-refractivity contribution is 5.78. The Labute approximate surface area is 105 Å². The third kappa shape index (κ3) is 1.73. The number of rotatable bonds is 3. The minimum atomic E-state index is 0.716. The lowest BCUT2D eigenvalue weighted by Gasteiger charge is -2.06. The highest BCUT2D eigenvalue weighted by Crippen LogP contribution is 2.17. The van der Waals surface area contributed by atoms with Crippen molar-refractivity contribution in [2.45, 2.75) is 6.54 Å². The molecule has 0 aliphatic rings. The summed E-state index contributed by atoms with van der Waals surface area (Å²) < 4.78 is 3.92. The van der Waals surface area contributed by atoms with E-state index in [2.05, 4.69) is 26.0 Å². The monoisotopic (exact) mass is 241 g/mol. The van der Waals surface area contributed by atoms with Crippen LogP contribution in [0.1, 0.15) is 5.69 Å². The molecule has 3 aromatic rings. The van der Waals surface area contributed by atoms with E-state index in [4.69, 9.17) is 0 Å². The molecule has 0 amide bonds.